The van der Waals surface area contributed by atoms with Gasteiger partial charge in [0.1, 0.15) is 0 Å². The van der Waals surface area contributed by atoms with Crippen molar-refractivity contribution in [1.29, 1.82) is 0 Å². The second kappa shape index (κ2) is 5.68. The Balaban J connectivity index is 1.44. The lowest BCUT2D eigenvalue weighted by atomic mass is 10.1. The van der Waals surface area contributed by atoms with Gasteiger partial charge >= 0.3 is 0 Å². The van der Waals surface area contributed by atoms with Crippen molar-refractivity contribution >= 4 is 0 Å². The smallest absolute Gasteiger partial charge is 0.0235 e. The second-order valence-electron chi connectivity index (χ2n) is 6.16. The van der Waals surface area contributed by atoms with Gasteiger partial charge in [-0.2, -0.15) is 0 Å². The van der Waals surface area contributed by atoms with Crippen LogP contribution in [0.5, 0.6) is 0 Å². The average molecular weight is 237 g/mol. The summed E-state index contributed by atoms with van der Waals surface area (Å²) in [7, 11) is 0. The summed E-state index contributed by atoms with van der Waals surface area (Å²) in [6, 6.07) is 0.879. The second-order valence-corrected chi connectivity index (χ2v) is 6.16. The molecule has 3 fully saturated rings. The number of likely N-dealkylation sites (tertiary alicyclic amines) is 2. The molecule has 1 N–H and O–H groups in total. The lowest BCUT2D eigenvalue weighted by Gasteiger charge is -2.32. The first kappa shape index (κ1) is 11.9. The van der Waals surface area contributed by atoms with E-state index in [0.29, 0.717) is 0 Å². The van der Waals surface area contributed by atoms with Crippen molar-refractivity contribution in [3.05, 3.63) is 0 Å². The zero-order valence-corrected chi connectivity index (χ0v) is 11.0. The van der Waals surface area contributed by atoms with Gasteiger partial charge in [0.2, 0.25) is 0 Å². The number of nitrogens with zero attached hydrogens (tertiary/aromatic N) is 2. The molecule has 3 aliphatic rings. The van der Waals surface area contributed by atoms with Crippen LogP contribution in [0.15, 0.2) is 0 Å². The molecule has 2 unspecified atom stereocenters. The first-order valence-corrected chi connectivity index (χ1v) is 7.59. The Morgan fingerprint density at radius 2 is 1.88 bits per heavy atom. The molecule has 17 heavy (non-hydrogen) atoms. The van der Waals surface area contributed by atoms with Crippen molar-refractivity contribution in [3.8, 4) is 0 Å². The highest BCUT2D eigenvalue weighted by Gasteiger charge is 2.29. The topological polar surface area (TPSA) is 18.5 Å². The van der Waals surface area contributed by atoms with Crippen molar-refractivity contribution in [2.24, 2.45) is 5.92 Å². The minimum absolute atomic E-state index is 0.879. The average Bonchev–Trinajstić information content (AvgIpc) is 3.02. The van der Waals surface area contributed by atoms with Gasteiger partial charge in [0.25, 0.3) is 0 Å². The van der Waals surface area contributed by atoms with Crippen LogP contribution in [0.4, 0.5) is 0 Å². The van der Waals surface area contributed by atoms with E-state index in [1.165, 1.54) is 77.9 Å². The van der Waals surface area contributed by atoms with E-state index >= 15 is 0 Å². The van der Waals surface area contributed by atoms with Crippen molar-refractivity contribution in [2.45, 2.75) is 38.1 Å². The maximum Gasteiger partial charge on any atom is 0.0235 e. The van der Waals surface area contributed by atoms with Crippen LogP contribution in [0, 0.1) is 5.92 Å². The van der Waals surface area contributed by atoms with Crippen LogP contribution in [0.25, 0.3) is 0 Å². The van der Waals surface area contributed by atoms with E-state index in [-0.39, 0.29) is 0 Å². The molecule has 3 heteroatoms. The molecule has 0 amide bonds. The van der Waals surface area contributed by atoms with E-state index < -0.39 is 0 Å². The zero-order chi connectivity index (χ0) is 11.5. The number of hydrogen-bond acceptors (Lipinski definition) is 3. The molecule has 3 rings (SSSR count). The fourth-order valence-corrected chi connectivity index (χ4v) is 3.80. The Bertz CT molecular complexity index is 232. The van der Waals surface area contributed by atoms with Gasteiger partial charge in [-0.05, 0) is 64.3 Å². The van der Waals surface area contributed by atoms with E-state index in [2.05, 4.69) is 15.1 Å². The summed E-state index contributed by atoms with van der Waals surface area (Å²) in [4.78, 5) is 5.48. The fourth-order valence-electron chi connectivity index (χ4n) is 3.80. The zero-order valence-electron chi connectivity index (χ0n) is 11.0. The molecular weight excluding hydrogens is 210 g/mol. The van der Waals surface area contributed by atoms with E-state index in [9.17, 15) is 0 Å². The predicted octanol–water partition coefficient (Wildman–Crippen LogP) is 1.16. The van der Waals surface area contributed by atoms with Crippen molar-refractivity contribution in [2.75, 3.05) is 45.8 Å². The molecule has 0 saturated carbocycles. The molecule has 3 heterocycles. The van der Waals surface area contributed by atoms with Gasteiger partial charge in [-0.3, -0.25) is 4.90 Å². The molecule has 0 aromatic carbocycles. The van der Waals surface area contributed by atoms with E-state index in [1.54, 1.807) is 0 Å². The van der Waals surface area contributed by atoms with Gasteiger partial charge in [0.15, 0.2) is 0 Å². The first-order valence-electron chi connectivity index (χ1n) is 7.59. The molecule has 0 bridgehead atoms. The van der Waals surface area contributed by atoms with Crippen molar-refractivity contribution < 1.29 is 0 Å². The number of piperidine rings is 1. The van der Waals surface area contributed by atoms with Gasteiger partial charge in [0.05, 0.1) is 0 Å². The molecule has 0 spiro atoms. The Morgan fingerprint density at radius 1 is 1.00 bits per heavy atom. The molecule has 3 nitrogen and oxygen atoms in total. The highest BCUT2D eigenvalue weighted by atomic mass is 15.3. The Morgan fingerprint density at radius 3 is 2.65 bits per heavy atom. The largest absolute Gasteiger partial charge is 0.316 e. The highest BCUT2D eigenvalue weighted by molar-refractivity contribution is 4.86. The maximum absolute atomic E-state index is 3.48. The molecule has 0 aromatic rings. The third kappa shape index (κ3) is 3.01. The summed E-state index contributed by atoms with van der Waals surface area (Å²) in [5.41, 5.74) is 0. The molecule has 3 saturated heterocycles. The maximum atomic E-state index is 3.48. The van der Waals surface area contributed by atoms with Gasteiger partial charge in [-0.1, -0.05) is 6.42 Å². The first-order chi connectivity index (χ1) is 8.42. The van der Waals surface area contributed by atoms with Crippen LogP contribution in [0.1, 0.15) is 32.1 Å². The minimum Gasteiger partial charge on any atom is -0.316 e. The lowest BCUT2D eigenvalue weighted by molar-refractivity contribution is 0.159. The summed E-state index contributed by atoms with van der Waals surface area (Å²) in [5.74, 6) is 0.926. The van der Waals surface area contributed by atoms with Crippen LogP contribution < -0.4 is 5.32 Å². The Kier molecular flexibility index (Phi) is 3.99. The van der Waals surface area contributed by atoms with Crippen LogP contribution in [0.2, 0.25) is 0 Å². The molecule has 0 aliphatic carbocycles. The number of hydrogen-bond donors (Lipinski definition) is 1. The van der Waals surface area contributed by atoms with Gasteiger partial charge in [-0.25, -0.2) is 0 Å². The summed E-state index contributed by atoms with van der Waals surface area (Å²) < 4.78 is 0. The van der Waals surface area contributed by atoms with E-state index in [1.807, 2.05) is 0 Å². The SMILES string of the molecule is C1CCN(C2CCN(CC3CCNC3)C2)CC1. The molecule has 0 radical (unpaired) electrons. The molecule has 98 valence electrons. The molecule has 0 aromatic heterocycles. The lowest BCUT2D eigenvalue weighted by Crippen LogP contribution is -2.41. The minimum atomic E-state index is 0.879. The van der Waals surface area contributed by atoms with Crippen LogP contribution in [0.3, 0.4) is 0 Å². The standard InChI is InChI=1S/C14H27N3/c1-2-7-17(8-3-1)14-5-9-16(12-14)11-13-4-6-15-10-13/h13-15H,1-12H2. The Hall–Kier alpha value is -0.120. The third-order valence-corrected chi connectivity index (χ3v) is 4.83. The normalized spacial score (nSPS) is 36.7. The monoisotopic (exact) mass is 237 g/mol. The summed E-state index contributed by atoms with van der Waals surface area (Å²) in [5, 5.41) is 3.48. The number of nitrogens with one attached hydrogen (secondary N) is 1. The Labute approximate surface area is 106 Å². The fraction of sp³-hybridized carbons (Fsp3) is 1.00. The van der Waals surface area contributed by atoms with Gasteiger partial charge < -0.3 is 10.2 Å². The van der Waals surface area contributed by atoms with Crippen LogP contribution in [-0.2, 0) is 0 Å². The third-order valence-electron chi connectivity index (χ3n) is 4.83. The predicted molar refractivity (Wildman–Crippen MR) is 71.2 cm³/mol. The van der Waals surface area contributed by atoms with Crippen LogP contribution in [-0.4, -0.2) is 61.7 Å². The van der Waals surface area contributed by atoms with Crippen molar-refractivity contribution in [3.63, 3.8) is 0 Å². The molecule has 2 atom stereocenters. The highest BCUT2D eigenvalue weighted by Crippen LogP contribution is 2.21. The van der Waals surface area contributed by atoms with Gasteiger partial charge in [0, 0.05) is 19.1 Å². The van der Waals surface area contributed by atoms with E-state index in [0.717, 1.165) is 12.0 Å². The summed E-state index contributed by atoms with van der Waals surface area (Å²) in [6.45, 7) is 9.26. The number of rotatable bonds is 3. The van der Waals surface area contributed by atoms with E-state index in [4.69, 9.17) is 0 Å². The summed E-state index contributed by atoms with van der Waals surface area (Å²) >= 11 is 0. The van der Waals surface area contributed by atoms with Gasteiger partial charge in [-0.15, -0.1) is 0 Å². The quantitative estimate of drug-likeness (QED) is 0.794. The van der Waals surface area contributed by atoms with Crippen molar-refractivity contribution in [1.82, 2.24) is 15.1 Å². The molecule has 3 aliphatic heterocycles. The van der Waals surface area contributed by atoms with Crippen LogP contribution >= 0.6 is 0 Å². The molecular formula is C14H27N3. The summed E-state index contributed by atoms with van der Waals surface area (Å²) in [6.07, 6.45) is 7.14.